The predicted octanol–water partition coefficient (Wildman–Crippen LogP) is 6.40. The van der Waals surface area contributed by atoms with Crippen LogP contribution in [0.5, 0.6) is 0 Å². The van der Waals surface area contributed by atoms with E-state index in [9.17, 15) is 8.78 Å². The molecule has 140 valence electrons. The zero-order valence-corrected chi connectivity index (χ0v) is 15.8. The molecule has 1 atom stereocenters. The van der Waals surface area contributed by atoms with Crippen LogP contribution in [0.4, 0.5) is 8.78 Å². The van der Waals surface area contributed by atoms with Crippen molar-refractivity contribution >= 4 is 0 Å². The standard InChI is InChI=1S/C24H25F2N/c1-15-2-4-16(5-3-15)17-8-10-21(23(25)13-17)18-9-11-22-19(12-18)6-7-20(14-27)24(22)26/h6-8,10,13,15-16,18H,2-5,9,11-12H2,1H3. The van der Waals surface area contributed by atoms with Gasteiger partial charge in [-0.25, -0.2) is 8.78 Å². The lowest BCUT2D eigenvalue weighted by Crippen LogP contribution is -2.16. The van der Waals surface area contributed by atoms with Crippen LogP contribution in [-0.2, 0) is 12.8 Å². The Morgan fingerprint density at radius 2 is 1.74 bits per heavy atom. The molecule has 0 aromatic heterocycles. The zero-order chi connectivity index (χ0) is 19.0. The van der Waals surface area contributed by atoms with Gasteiger partial charge in [-0.3, -0.25) is 0 Å². The number of nitrogens with zero attached hydrogens (tertiary/aromatic N) is 1. The molecule has 0 spiro atoms. The summed E-state index contributed by atoms with van der Waals surface area (Å²) in [6.45, 7) is 2.29. The molecule has 0 heterocycles. The van der Waals surface area contributed by atoms with Gasteiger partial charge in [0, 0.05) is 0 Å². The Hall–Kier alpha value is -2.21. The lowest BCUT2D eigenvalue weighted by molar-refractivity contribution is 0.347. The third-order valence-corrected chi connectivity index (χ3v) is 6.62. The molecule has 0 N–H and O–H groups in total. The van der Waals surface area contributed by atoms with Gasteiger partial charge in [-0.05, 0) is 84.2 Å². The van der Waals surface area contributed by atoms with Crippen LogP contribution in [0.15, 0.2) is 30.3 Å². The third-order valence-electron chi connectivity index (χ3n) is 6.62. The van der Waals surface area contributed by atoms with Crippen LogP contribution in [-0.4, -0.2) is 0 Å². The summed E-state index contributed by atoms with van der Waals surface area (Å²) in [6, 6.07) is 11.1. The Kier molecular flexibility index (Phi) is 5.00. The monoisotopic (exact) mass is 365 g/mol. The molecular weight excluding hydrogens is 340 g/mol. The fourth-order valence-electron chi connectivity index (χ4n) is 4.88. The second-order valence-corrected chi connectivity index (χ2v) is 8.35. The molecule has 1 unspecified atom stereocenters. The first kappa shape index (κ1) is 18.2. The lowest BCUT2D eigenvalue weighted by Gasteiger charge is -2.28. The van der Waals surface area contributed by atoms with E-state index >= 15 is 0 Å². The van der Waals surface area contributed by atoms with Crippen LogP contribution in [0.2, 0.25) is 0 Å². The maximum Gasteiger partial charge on any atom is 0.144 e. The van der Waals surface area contributed by atoms with Gasteiger partial charge in [0.1, 0.15) is 17.7 Å². The van der Waals surface area contributed by atoms with E-state index in [4.69, 9.17) is 5.26 Å². The fourth-order valence-corrected chi connectivity index (χ4v) is 4.88. The molecule has 2 aliphatic carbocycles. The van der Waals surface area contributed by atoms with Gasteiger partial charge < -0.3 is 0 Å². The molecule has 2 aliphatic rings. The maximum atomic E-state index is 14.9. The van der Waals surface area contributed by atoms with Crippen molar-refractivity contribution in [3.05, 3.63) is 69.8 Å². The summed E-state index contributed by atoms with van der Waals surface area (Å²) in [4.78, 5) is 0. The average molecular weight is 365 g/mol. The van der Waals surface area contributed by atoms with Crippen molar-refractivity contribution < 1.29 is 8.78 Å². The van der Waals surface area contributed by atoms with E-state index in [-0.39, 0.29) is 17.3 Å². The number of hydrogen-bond acceptors (Lipinski definition) is 1. The minimum atomic E-state index is -0.393. The SMILES string of the molecule is CC1CCC(c2ccc(C3CCc4c(ccc(C#N)c4F)C3)c(F)c2)CC1. The van der Waals surface area contributed by atoms with Crippen molar-refractivity contribution in [1.29, 1.82) is 5.26 Å². The molecule has 0 saturated heterocycles. The summed E-state index contributed by atoms with van der Waals surface area (Å²) in [5.74, 6) is 0.833. The lowest BCUT2D eigenvalue weighted by atomic mass is 9.77. The summed E-state index contributed by atoms with van der Waals surface area (Å²) in [7, 11) is 0. The van der Waals surface area contributed by atoms with Crippen LogP contribution in [0.25, 0.3) is 0 Å². The second-order valence-electron chi connectivity index (χ2n) is 8.35. The van der Waals surface area contributed by atoms with E-state index in [0.717, 1.165) is 41.9 Å². The van der Waals surface area contributed by atoms with Crippen molar-refractivity contribution in [3.8, 4) is 6.07 Å². The molecule has 3 heteroatoms. The van der Waals surface area contributed by atoms with E-state index in [0.29, 0.717) is 24.3 Å². The van der Waals surface area contributed by atoms with Crippen LogP contribution in [0, 0.1) is 28.9 Å². The molecule has 2 aromatic rings. The van der Waals surface area contributed by atoms with E-state index in [1.807, 2.05) is 18.2 Å². The molecular formula is C24H25F2N. The Balaban J connectivity index is 1.54. The third kappa shape index (κ3) is 3.50. The number of halogens is 2. The minimum Gasteiger partial charge on any atom is -0.207 e. The topological polar surface area (TPSA) is 23.8 Å². The Labute approximate surface area is 160 Å². The normalized spacial score (nSPS) is 24.9. The van der Waals surface area contributed by atoms with Gasteiger partial charge in [-0.1, -0.05) is 38.0 Å². The summed E-state index contributed by atoms with van der Waals surface area (Å²) in [6.07, 6.45) is 6.66. The fraction of sp³-hybridized carbons (Fsp3) is 0.458. The van der Waals surface area contributed by atoms with Crippen LogP contribution >= 0.6 is 0 Å². The first-order valence-electron chi connectivity index (χ1n) is 10.1. The van der Waals surface area contributed by atoms with Gasteiger partial charge in [0.05, 0.1) is 5.56 Å². The Morgan fingerprint density at radius 3 is 2.44 bits per heavy atom. The highest BCUT2D eigenvalue weighted by Gasteiger charge is 2.27. The largest absolute Gasteiger partial charge is 0.207 e. The minimum absolute atomic E-state index is 0.0743. The van der Waals surface area contributed by atoms with Crippen molar-refractivity contribution in [2.75, 3.05) is 0 Å². The highest BCUT2D eigenvalue weighted by Crippen LogP contribution is 2.39. The van der Waals surface area contributed by atoms with Gasteiger partial charge >= 0.3 is 0 Å². The Morgan fingerprint density at radius 1 is 0.963 bits per heavy atom. The quantitative estimate of drug-likeness (QED) is 0.604. The van der Waals surface area contributed by atoms with Crippen molar-refractivity contribution in [3.63, 3.8) is 0 Å². The van der Waals surface area contributed by atoms with Crippen LogP contribution in [0.1, 0.15) is 78.7 Å². The van der Waals surface area contributed by atoms with Gasteiger partial charge in [0.25, 0.3) is 0 Å². The molecule has 2 aromatic carbocycles. The number of nitriles is 1. The smallest absolute Gasteiger partial charge is 0.144 e. The molecule has 4 rings (SSSR count). The first-order valence-corrected chi connectivity index (χ1v) is 10.1. The van der Waals surface area contributed by atoms with Gasteiger partial charge in [-0.2, -0.15) is 5.26 Å². The second kappa shape index (κ2) is 7.43. The molecule has 1 fully saturated rings. The highest BCUT2D eigenvalue weighted by atomic mass is 19.1. The maximum absolute atomic E-state index is 14.9. The molecule has 0 radical (unpaired) electrons. The highest BCUT2D eigenvalue weighted by molar-refractivity contribution is 5.43. The van der Waals surface area contributed by atoms with Crippen LogP contribution < -0.4 is 0 Å². The van der Waals surface area contributed by atoms with Crippen LogP contribution in [0.3, 0.4) is 0 Å². The molecule has 0 amide bonds. The van der Waals surface area contributed by atoms with E-state index in [1.54, 1.807) is 12.1 Å². The summed E-state index contributed by atoms with van der Waals surface area (Å²) < 4.78 is 29.3. The summed E-state index contributed by atoms with van der Waals surface area (Å²) in [5.41, 5.74) is 3.53. The predicted molar refractivity (Wildman–Crippen MR) is 103 cm³/mol. The van der Waals surface area contributed by atoms with E-state index in [1.165, 1.54) is 12.8 Å². The first-order chi connectivity index (χ1) is 13.1. The molecule has 1 nitrogen and oxygen atoms in total. The molecule has 27 heavy (non-hydrogen) atoms. The average Bonchev–Trinajstić information content (AvgIpc) is 2.68. The number of rotatable bonds is 2. The molecule has 1 saturated carbocycles. The molecule has 0 bridgehead atoms. The summed E-state index contributed by atoms with van der Waals surface area (Å²) in [5, 5.41) is 8.99. The molecule has 0 aliphatic heterocycles. The van der Waals surface area contributed by atoms with Gasteiger partial charge in [0.2, 0.25) is 0 Å². The summed E-state index contributed by atoms with van der Waals surface area (Å²) >= 11 is 0. The Bertz CT molecular complexity index is 888. The number of benzene rings is 2. The van der Waals surface area contributed by atoms with Crippen molar-refractivity contribution in [2.45, 2.75) is 63.7 Å². The van der Waals surface area contributed by atoms with Gasteiger partial charge in [0.15, 0.2) is 0 Å². The number of fused-ring (bicyclic) bond motifs is 1. The van der Waals surface area contributed by atoms with E-state index in [2.05, 4.69) is 13.0 Å². The number of hydrogen-bond donors (Lipinski definition) is 0. The van der Waals surface area contributed by atoms with Gasteiger partial charge in [-0.15, -0.1) is 0 Å². The van der Waals surface area contributed by atoms with Crippen molar-refractivity contribution in [2.24, 2.45) is 5.92 Å². The van der Waals surface area contributed by atoms with E-state index < -0.39 is 5.82 Å². The van der Waals surface area contributed by atoms with Crippen molar-refractivity contribution in [1.82, 2.24) is 0 Å². The zero-order valence-electron chi connectivity index (χ0n) is 15.8.